The third-order valence-electron chi connectivity index (χ3n) is 7.38. The first-order chi connectivity index (χ1) is 13.6. The summed E-state index contributed by atoms with van der Waals surface area (Å²) in [5, 5.41) is 19.9. The molecule has 154 valence electrons. The quantitative estimate of drug-likeness (QED) is 0.772. The predicted molar refractivity (Wildman–Crippen MR) is 92.4 cm³/mol. The van der Waals surface area contributed by atoms with Crippen molar-refractivity contribution in [1.29, 1.82) is 5.26 Å². The number of aliphatic hydroxyl groups excluding tert-OH is 1. The van der Waals surface area contributed by atoms with Gasteiger partial charge in [-0.15, -0.1) is 0 Å². The molecule has 9 heteroatoms. The smallest absolute Gasteiger partial charge is 0.390 e. The lowest BCUT2D eigenvalue weighted by molar-refractivity contribution is -0.164. The zero-order valence-corrected chi connectivity index (χ0v) is 15.7. The zero-order chi connectivity index (χ0) is 20.9. The molecule has 1 amide bonds. The largest absolute Gasteiger partial charge is 0.417 e. The maximum atomic E-state index is 13.4. The Morgan fingerprint density at radius 1 is 1.38 bits per heavy atom. The van der Waals surface area contributed by atoms with Crippen LogP contribution in [0.5, 0.6) is 0 Å². The molecule has 0 radical (unpaired) electrons. The van der Waals surface area contributed by atoms with Gasteiger partial charge in [0, 0.05) is 18.0 Å². The Bertz CT molecular complexity index is 960. The van der Waals surface area contributed by atoms with Gasteiger partial charge in [-0.2, -0.15) is 18.4 Å². The van der Waals surface area contributed by atoms with E-state index in [1.165, 1.54) is 11.0 Å². The minimum absolute atomic E-state index is 0.0305. The number of carbonyl (C=O) groups excluding carboxylic acids is 1. The number of halogens is 3. The van der Waals surface area contributed by atoms with Gasteiger partial charge in [0.25, 0.3) is 0 Å². The Morgan fingerprint density at radius 3 is 2.76 bits per heavy atom. The summed E-state index contributed by atoms with van der Waals surface area (Å²) in [6.07, 6.45) is -5.90. The van der Waals surface area contributed by atoms with Gasteiger partial charge in [0.2, 0.25) is 5.91 Å². The summed E-state index contributed by atoms with van der Waals surface area (Å²) in [5.41, 5.74) is -3.42. The number of nitrogens with zero attached hydrogens (tertiary/aromatic N) is 2. The van der Waals surface area contributed by atoms with Gasteiger partial charge in [-0.25, -0.2) is 0 Å². The van der Waals surface area contributed by atoms with Crippen LogP contribution in [0.4, 0.5) is 18.9 Å². The molecule has 4 saturated heterocycles. The summed E-state index contributed by atoms with van der Waals surface area (Å²) >= 11 is 0. The standard InChI is InChI=1S/C20H19F3N2O4/c1-9-15(26)19-5-6-28-17-14(19)13(18(9,2)29-19)16(27)25(17)11-4-3-10(8-24)12(7-11)20(21,22)23/h3-4,7,9,13-15,17,26H,5-6H2,1-2H3/t9-,13-,14+,15+,17+,18-,19-/m1/s1. The van der Waals surface area contributed by atoms with Crippen LogP contribution in [0.2, 0.25) is 0 Å². The molecule has 29 heavy (non-hydrogen) atoms. The molecular formula is C20H19F3N2O4. The van der Waals surface area contributed by atoms with E-state index in [-0.39, 0.29) is 24.1 Å². The second-order valence-corrected chi connectivity index (χ2v) is 8.54. The average Bonchev–Trinajstić information content (AvgIpc) is 3.20. The zero-order valence-electron chi connectivity index (χ0n) is 15.7. The number of ether oxygens (including phenoxy) is 2. The van der Waals surface area contributed by atoms with E-state index in [4.69, 9.17) is 14.7 Å². The summed E-state index contributed by atoms with van der Waals surface area (Å²) < 4.78 is 52.4. The van der Waals surface area contributed by atoms with Gasteiger partial charge in [-0.05, 0) is 25.1 Å². The van der Waals surface area contributed by atoms with Gasteiger partial charge in [0.15, 0.2) is 0 Å². The van der Waals surface area contributed by atoms with E-state index in [1.54, 1.807) is 13.0 Å². The lowest BCUT2D eigenvalue weighted by atomic mass is 9.60. The van der Waals surface area contributed by atoms with Gasteiger partial charge in [0.1, 0.15) is 11.8 Å². The molecule has 0 saturated carbocycles. The second-order valence-electron chi connectivity index (χ2n) is 8.54. The van der Waals surface area contributed by atoms with Crippen LogP contribution in [0, 0.1) is 29.1 Å². The lowest BCUT2D eigenvalue weighted by Crippen LogP contribution is -2.59. The molecule has 4 fully saturated rings. The molecule has 4 aliphatic heterocycles. The molecule has 5 rings (SSSR count). The third-order valence-corrected chi connectivity index (χ3v) is 7.38. The van der Waals surface area contributed by atoms with Crippen LogP contribution in [0.3, 0.4) is 0 Å². The first kappa shape index (κ1) is 18.9. The molecule has 1 aromatic carbocycles. The van der Waals surface area contributed by atoms with Crippen molar-refractivity contribution in [2.45, 2.75) is 50.0 Å². The normalized spacial score (nSPS) is 42.9. The Morgan fingerprint density at radius 2 is 2.10 bits per heavy atom. The van der Waals surface area contributed by atoms with E-state index in [0.717, 1.165) is 12.1 Å². The molecule has 0 unspecified atom stereocenters. The van der Waals surface area contributed by atoms with Gasteiger partial charge in [-0.3, -0.25) is 9.69 Å². The highest BCUT2D eigenvalue weighted by atomic mass is 19.4. The van der Waals surface area contributed by atoms with E-state index in [1.807, 2.05) is 6.92 Å². The number of nitriles is 1. The fourth-order valence-corrected chi connectivity index (χ4v) is 5.96. The maximum absolute atomic E-state index is 13.4. The number of amides is 1. The number of hydrogen-bond donors (Lipinski definition) is 1. The SMILES string of the molecule is C[C@@H]1[C@H](O)[C@@]23CCO[C@H]4[C@@H]2[C@H](C(=O)N4c2ccc(C#N)c(C(F)(F)F)c2)[C@]1(C)O3. The number of carbonyl (C=O) groups is 1. The fraction of sp³-hybridized carbons (Fsp3) is 0.600. The predicted octanol–water partition coefficient (Wildman–Crippen LogP) is 2.44. The molecule has 1 N–H and O–H groups in total. The Labute approximate surface area is 164 Å². The van der Waals surface area contributed by atoms with Gasteiger partial charge in [-0.1, -0.05) is 6.92 Å². The van der Waals surface area contributed by atoms with Gasteiger partial charge < -0.3 is 14.6 Å². The van der Waals surface area contributed by atoms with E-state index in [0.29, 0.717) is 6.42 Å². The highest BCUT2D eigenvalue weighted by Crippen LogP contribution is 2.67. The summed E-state index contributed by atoms with van der Waals surface area (Å²) in [4.78, 5) is 14.7. The minimum Gasteiger partial charge on any atom is -0.390 e. The van der Waals surface area contributed by atoms with Crippen molar-refractivity contribution in [2.24, 2.45) is 17.8 Å². The molecule has 6 nitrogen and oxygen atoms in total. The molecule has 1 aromatic rings. The molecular weight excluding hydrogens is 389 g/mol. The van der Waals surface area contributed by atoms with Crippen molar-refractivity contribution >= 4 is 11.6 Å². The molecule has 4 heterocycles. The van der Waals surface area contributed by atoms with Crippen LogP contribution in [-0.2, 0) is 20.4 Å². The van der Waals surface area contributed by atoms with Crippen molar-refractivity contribution in [3.05, 3.63) is 29.3 Å². The highest BCUT2D eigenvalue weighted by molar-refractivity contribution is 6.00. The number of benzene rings is 1. The first-order valence-electron chi connectivity index (χ1n) is 9.50. The lowest BCUT2D eigenvalue weighted by Gasteiger charge is -2.45. The van der Waals surface area contributed by atoms with E-state index < -0.39 is 52.7 Å². The number of rotatable bonds is 1. The van der Waals surface area contributed by atoms with Crippen LogP contribution in [0.15, 0.2) is 18.2 Å². The second kappa shape index (κ2) is 5.50. The van der Waals surface area contributed by atoms with Crippen LogP contribution >= 0.6 is 0 Å². The number of anilines is 1. The maximum Gasteiger partial charge on any atom is 0.417 e. The average molecular weight is 408 g/mol. The van der Waals surface area contributed by atoms with Crippen molar-refractivity contribution in [3.8, 4) is 6.07 Å². The number of alkyl halides is 3. The van der Waals surface area contributed by atoms with Gasteiger partial charge >= 0.3 is 6.18 Å². The summed E-state index contributed by atoms with van der Waals surface area (Å²) in [5.74, 6) is -1.75. The Kier molecular flexibility index (Phi) is 3.58. The van der Waals surface area contributed by atoms with Crippen LogP contribution in [0.25, 0.3) is 0 Å². The molecule has 4 aliphatic rings. The van der Waals surface area contributed by atoms with Crippen LogP contribution in [0.1, 0.15) is 31.4 Å². The minimum atomic E-state index is -4.73. The highest BCUT2D eigenvalue weighted by Gasteiger charge is 2.80. The van der Waals surface area contributed by atoms with E-state index >= 15 is 0 Å². The van der Waals surface area contributed by atoms with Crippen molar-refractivity contribution in [1.82, 2.24) is 0 Å². The van der Waals surface area contributed by atoms with Crippen molar-refractivity contribution < 1.29 is 32.5 Å². The molecule has 0 aliphatic carbocycles. The van der Waals surface area contributed by atoms with Crippen LogP contribution < -0.4 is 4.90 Å². The fourth-order valence-electron chi connectivity index (χ4n) is 5.96. The molecule has 2 bridgehead atoms. The summed E-state index contributed by atoms with van der Waals surface area (Å²) in [7, 11) is 0. The number of fused-ring (bicyclic) bond motifs is 2. The summed E-state index contributed by atoms with van der Waals surface area (Å²) in [6, 6.07) is 4.78. The topological polar surface area (TPSA) is 82.8 Å². The number of aliphatic hydroxyl groups is 1. The molecule has 1 spiro atoms. The molecule has 0 aromatic heterocycles. The monoisotopic (exact) mass is 408 g/mol. The third kappa shape index (κ3) is 2.09. The van der Waals surface area contributed by atoms with Crippen molar-refractivity contribution in [3.63, 3.8) is 0 Å². The van der Waals surface area contributed by atoms with Gasteiger partial charge in [0.05, 0.1) is 47.3 Å². The first-order valence-corrected chi connectivity index (χ1v) is 9.50. The van der Waals surface area contributed by atoms with Crippen LogP contribution in [-0.4, -0.2) is 41.2 Å². The Hall–Kier alpha value is -2.15. The summed E-state index contributed by atoms with van der Waals surface area (Å²) in [6.45, 7) is 3.84. The Balaban J connectivity index is 1.64. The number of hydrogen-bond acceptors (Lipinski definition) is 5. The van der Waals surface area contributed by atoms with E-state index in [9.17, 15) is 23.1 Å². The van der Waals surface area contributed by atoms with E-state index in [2.05, 4.69) is 0 Å². The molecule has 7 atom stereocenters. The van der Waals surface area contributed by atoms with Crippen molar-refractivity contribution in [2.75, 3.05) is 11.5 Å².